The number of ketones is 1. The highest BCUT2D eigenvalue weighted by atomic mass is 16.4. The van der Waals surface area contributed by atoms with Gasteiger partial charge in [-0.3, -0.25) is 0 Å². The third kappa shape index (κ3) is 4.99. The average molecular weight is 216 g/mol. The molecule has 0 aromatic rings. The zero-order valence-corrected chi connectivity index (χ0v) is 8.90. The fourth-order valence-corrected chi connectivity index (χ4v) is 1.29. The van der Waals surface area contributed by atoms with Crippen molar-refractivity contribution in [2.45, 2.75) is 32.7 Å². The van der Waals surface area contributed by atoms with Gasteiger partial charge in [-0.15, -0.1) is 0 Å². The van der Waals surface area contributed by atoms with Crippen LogP contribution in [0.4, 0.5) is 4.79 Å². The molecule has 0 aromatic heterocycles. The summed E-state index contributed by atoms with van der Waals surface area (Å²) in [5, 5.41) is 8.58. The Bertz CT molecular complexity index is 241. The van der Waals surface area contributed by atoms with E-state index in [4.69, 9.17) is 10.8 Å². The van der Waals surface area contributed by atoms with Crippen LogP contribution in [-0.4, -0.2) is 40.4 Å². The molecule has 1 heterocycles. The van der Waals surface area contributed by atoms with E-state index in [9.17, 15) is 14.4 Å². The number of primary amides is 1. The molecule has 6 nitrogen and oxygen atoms in total. The summed E-state index contributed by atoms with van der Waals surface area (Å²) in [6.45, 7) is 3.52. The first kappa shape index (κ1) is 13.4. The third-order valence-electron chi connectivity index (χ3n) is 1.82. The fraction of sp³-hybridized carbons (Fsp3) is 0.667. The van der Waals surface area contributed by atoms with E-state index in [1.807, 2.05) is 0 Å². The second kappa shape index (κ2) is 6.00. The summed E-state index contributed by atoms with van der Waals surface area (Å²) in [5.74, 6) is -0.804. The number of urea groups is 1. The molecule has 0 bridgehead atoms. The molecule has 0 radical (unpaired) electrons. The minimum absolute atomic E-state index is 0.167. The lowest BCUT2D eigenvalue weighted by molar-refractivity contribution is -0.141. The van der Waals surface area contributed by atoms with Crippen molar-refractivity contribution in [2.24, 2.45) is 5.73 Å². The second-order valence-corrected chi connectivity index (χ2v) is 3.44. The standard InChI is InChI=1S/C6H10N2O3.C3H6O/c7-6(11)8-3-1-2-4(8)5(9)10;1-3(2)4/h4H,1-3H2,(H2,7,11)(H,9,10);1-2H3. The number of amides is 2. The molecular formula is C9H16N2O4. The van der Waals surface area contributed by atoms with Crippen LogP contribution in [0.2, 0.25) is 0 Å². The smallest absolute Gasteiger partial charge is 0.326 e. The van der Waals surface area contributed by atoms with Crippen molar-refractivity contribution in [2.75, 3.05) is 6.54 Å². The van der Waals surface area contributed by atoms with Crippen molar-refractivity contribution in [3.8, 4) is 0 Å². The van der Waals surface area contributed by atoms with Gasteiger partial charge in [-0.1, -0.05) is 0 Å². The molecule has 1 fully saturated rings. The Morgan fingerprint density at radius 1 is 1.33 bits per heavy atom. The Hall–Kier alpha value is -1.59. The minimum atomic E-state index is -0.971. The normalized spacial score (nSPS) is 19.1. The number of carboxylic acid groups (broad SMARTS) is 1. The highest BCUT2D eigenvalue weighted by Gasteiger charge is 2.32. The fourth-order valence-electron chi connectivity index (χ4n) is 1.29. The summed E-state index contributed by atoms with van der Waals surface area (Å²) in [4.78, 5) is 31.7. The molecule has 1 unspecified atom stereocenters. The summed E-state index contributed by atoms with van der Waals surface area (Å²) < 4.78 is 0. The van der Waals surface area contributed by atoms with Gasteiger partial charge < -0.3 is 20.5 Å². The Balaban J connectivity index is 0.000000423. The first-order valence-electron chi connectivity index (χ1n) is 4.62. The van der Waals surface area contributed by atoms with Gasteiger partial charge >= 0.3 is 12.0 Å². The summed E-state index contributed by atoms with van der Waals surface area (Å²) in [7, 11) is 0. The lowest BCUT2D eigenvalue weighted by Crippen LogP contribution is -2.43. The van der Waals surface area contributed by atoms with Crippen molar-refractivity contribution >= 4 is 17.8 Å². The average Bonchev–Trinajstić information content (AvgIpc) is 2.49. The van der Waals surface area contributed by atoms with E-state index in [2.05, 4.69) is 0 Å². The predicted octanol–water partition coefficient (Wildman–Crippen LogP) is 0.209. The van der Waals surface area contributed by atoms with Crippen LogP contribution < -0.4 is 5.73 Å². The second-order valence-electron chi connectivity index (χ2n) is 3.44. The maximum atomic E-state index is 10.6. The molecule has 0 spiro atoms. The van der Waals surface area contributed by atoms with E-state index in [1.54, 1.807) is 0 Å². The van der Waals surface area contributed by atoms with Crippen molar-refractivity contribution in [1.29, 1.82) is 0 Å². The Labute approximate surface area is 88.0 Å². The summed E-state index contributed by atoms with van der Waals surface area (Å²) >= 11 is 0. The van der Waals surface area contributed by atoms with Crippen molar-refractivity contribution in [1.82, 2.24) is 4.90 Å². The number of carboxylic acids is 1. The lowest BCUT2D eigenvalue weighted by Gasteiger charge is -2.17. The first-order valence-corrected chi connectivity index (χ1v) is 4.62. The van der Waals surface area contributed by atoms with Crippen LogP contribution in [0.1, 0.15) is 26.7 Å². The van der Waals surface area contributed by atoms with Crippen LogP contribution in [0.25, 0.3) is 0 Å². The number of carbonyl (C=O) groups is 3. The van der Waals surface area contributed by atoms with Crippen LogP contribution in [0.3, 0.4) is 0 Å². The number of likely N-dealkylation sites (tertiary alicyclic amines) is 1. The van der Waals surface area contributed by atoms with Gasteiger partial charge in [0.1, 0.15) is 11.8 Å². The van der Waals surface area contributed by atoms with Gasteiger partial charge in [0, 0.05) is 6.54 Å². The van der Waals surface area contributed by atoms with Gasteiger partial charge in [0.2, 0.25) is 0 Å². The van der Waals surface area contributed by atoms with Crippen molar-refractivity contribution < 1.29 is 19.5 Å². The number of aliphatic carboxylic acids is 1. The SMILES string of the molecule is CC(C)=O.NC(=O)N1CCCC1C(=O)O. The molecule has 1 saturated heterocycles. The lowest BCUT2D eigenvalue weighted by atomic mass is 10.2. The van der Waals surface area contributed by atoms with Gasteiger partial charge in [0.25, 0.3) is 0 Å². The zero-order valence-electron chi connectivity index (χ0n) is 8.90. The topological polar surface area (TPSA) is 101 Å². The highest BCUT2D eigenvalue weighted by molar-refractivity contribution is 5.82. The number of hydrogen-bond donors (Lipinski definition) is 2. The van der Waals surface area contributed by atoms with Gasteiger partial charge in [-0.2, -0.15) is 0 Å². The molecule has 1 aliphatic heterocycles. The molecular weight excluding hydrogens is 200 g/mol. The Morgan fingerprint density at radius 3 is 2.07 bits per heavy atom. The number of carbonyl (C=O) groups excluding carboxylic acids is 2. The molecule has 3 N–H and O–H groups in total. The van der Waals surface area contributed by atoms with E-state index in [0.717, 1.165) is 6.42 Å². The van der Waals surface area contributed by atoms with Crippen LogP contribution in [-0.2, 0) is 9.59 Å². The van der Waals surface area contributed by atoms with E-state index in [0.29, 0.717) is 13.0 Å². The quantitative estimate of drug-likeness (QED) is 0.654. The molecule has 6 heteroatoms. The Morgan fingerprint density at radius 2 is 1.80 bits per heavy atom. The van der Waals surface area contributed by atoms with E-state index < -0.39 is 18.0 Å². The largest absolute Gasteiger partial charge is 0.480 e. The number of rotatable bonds is 1. The summed E-state index contributed by atoms with van der Waals surface area (Å²) in [6, 6.07) is -1.34. The predicted molar refractivity (Wildman–Crippen MR) is 53.3 cm³/mol. The Kier molecular flexibility index (Phi) is 5.36. The molecule has 86 valence electrons. The van der Waals surface area contributed by atoms with E-state index >= 15 is 0 Å². The number of nitrogens with zero attached hydrogens (tertiary/aromatic N) is 1. The molecule has 1 aliphatic rings. The third-order valence-corrected chi connectivity index (χ3v) is 1.82. The molecule has 0 saturated carbocycles. The zero-order chi connectivity index (χ0) is 12.0. The van der Waals surface area contributed by atoms with Crippen molar-refractivity contribution in [3.05, 3.63) is 0 Å². The van der Waals surface area contributed by atoms with E-state index in [-0.39, 0.29) is 5.78 Å². The number of nitrogens with two attached hydrogens (primary N) is 1. The van der Waals surface area contributed by atoms with Crippen LogP contribution in [0.5, 0.6) is 0 Å². The van der Waals surface area contributed by atoms with Crippen molar-refractivity contribution in [3.63, 3.8) is 0 Å². The van der Waals surface area contributed by atoms with Crippen LogP contribution >= 0.6 is 0 Å². The number of Topliss-reactive ketones (excluding diaryl/α,β-unsaturated/α-hetero) is 1. The van der Waals surface area contributed by atoms with Crippen LogP contribution in [0.15, 0.2) is 0 Å². The van der Waals surface area contributed by atoms with E-state index in [1.165, 1.54) is 18.7 Å². The highest BCUT2D eigenvalue weighted by Crippen LogP contribution is 2.16. The number of hydrogen-bond acceptors (Lipinski definition) is 3. The molecule has 2 amide bonds. The molecule has 0 aliphatic carbocycles. The minimum Gasteiger partial charge on any atom is -0.480 e. The van der Waals surface area contributed by atoms with Gasteiger partial charge in [0.15, 0.2) is 0 Å². The maximum absolute atomic E-state index is 10.6. The first-order chi connectivity index (χ1) is 6.86. The van der Waals surface area contributed by atoms with Gasteiger partial charge in [-0.05, 0) is 26.7 Å². The van der Waals surface area contributed by atoms with Crippen LogP contribution in [0, 0.1) is 0 Å². The molecule has 0 aromatic carbocycles. The summed E-state index contributed by atoms with van der Waals surface area (Å²) in [6.07, 6.45) is 1.23. The summed E-state index contributed by atoms with van der Waals surface area (Å²) in [5.41, 5.74) is 4.95. The molecule has 15 heavy (non-hydrogen) atoms. The molecule has 1 atom stereocenters. The van der Waals surface area contributed by atoms with Gasteiger partial charge in [0.05, 0.1) is 0 Å². The maximum Gasteiger partial charge on any atom is 0.326 e. The van der Waals surface area contributed by atoms with Gasteiger partial charge in [-0.25, -0.2) is 9.59 Å². The molecule has 1 rings (SSSR count). The monoisotopic (exact) mass is 216 g/mol.